The molecular formula is C14H15N3O2. The van der Waals surface area contributed by atoms with Crippen LogP contribution in [-0.2, 0) is 6.54 Å². The number of nitrogens with one attached hydrogen (secondary N) is 1. The first-order valence-electron chi connectivity index (χ1n) is 6.03. The molecule has 0 fully saturated rings. The Labute approximate surface area is 110 Å². The van der Waals surface area contributed by atoms with Crippen LogP contribution in [0.4, 0.5) is 0 Å². The highest BCUT2D eigenvalue weighted by Crippen LogP contribution is 2.05. The monoisotopic (exact) mass is 257 g/mol. The number of hydrogen-bond acceptors (Lipinski definition) is 3. The number of aromatic nitrogens is 2. The third-order valence-corrected chi connectivity index (χ3v) is 2.82. The number of amides is 1. The number of carbonyl (C=O) groups is 1. The average Bonchev–Trinajstić information content (AvgIpc) is 2.41. The van der Waals surface area contributed by atoms with Crippen LogP contribution in [0.1, 0.15) is 15.9 Å². The molecule has 0 bridgehead atoms. The second-order valence-electron chi connectivity index (χ2n) is 4.18. The van der Waals surface area contributed by atoms with Gasteiger partial charge < -0.3 is 5.32 Å². The first-order valence-corrected chi connectivity index (χ1v) is 6.03. The lowest BCUT2D eigenvalue weighted by molar-refractivity contribution is 0.0951. The van der Waals surface area contributed by atoms with E-state index in [1.807, 2.05) is 25.1 Å². The van der Waals surface area contributed by atoms with Gasteiger partial charge in [0, 0.05) is 30.9 Å². The summed E-state index contributed by atoms with van der Waals surface area (Å²) in [4.78, 5) is 27.2. The van der Waals surface area contributed by atoms with E-state index in [1.165, 1.54) is 23.2 Å². The molecule has 0 aliphatic rings. The third kappa shape index (κ3) is 3.28. The van der Waals surface area contributed by atoms with E-state index in [2.05, 4.69) is 10.3 Å². The van der Waals surface area contributed by atoms with Crippen LogP contribution < -0.4 is 10.9 Å². The fraction of sp³-hybridized carbons (Fsp3) is 0.214. The van der Waals surface area contributed by atoms with E-state index in [1.54, 1.807) is 6.07 Å². The molecule has 0 radical (unpaired) electrons. The molecule has 2 aromatic rings. The van der Waals surface area contributed by atoms with Crippen molar-refractivity contribution in [3.05, 3.63) is 64.3 Å². The van der Waals surface area contributed by atoms with Crippen molar-refractivity contribution in [3.8, 4) is 0 Å². The molecule has 98 valence electrons. The number of rotatable bonds is 4. The van der Waals surface area contributed by atoms with Gasteiger partial charge in [-0.2, -0.15) is 0 Å². The fourth-order valence-corrected chi connectivity index (χ4v) is 1.76. The van der Waals surface area contributed by atoms with Crippen molar-refractivity contribution in [2.75, 3.05) is 6.54 Å². The van der Waals surface area contributed by atoms with E-state index in [0.29, 0.717) is 18.7 Å². The summed E-state index contributed by atoms with van der Waals surface area (Å²) in [5.74, 6) is -0.130. The highest BCUT2D eigenvalue weighted by molar-refractivity contribution is 5.95. The Morgan fingerprint density at radius 1 is 1.32 bits per heavy atom. The Balaban J connectivity index is 1.94. The van der Waals surface area contributed by atoms with E-state index in [0.717, 1.165) is 5.56 Å². The summed E-state index contributed by atoms with van der Waals surface area (Å²) in [7, 11) is 0. The zero-order valence-corrected chi connectivity index (χ0v) is 10.7. The summed E-state index contributed by atoms with van der Waals surface area (Å²) in [5, 5.41) is 2.79. The predicted octanol–water partition coefficient (Wildman–Crippen LogP) is 0.982. The molecule has 1 amide bonds. The zero-order valence-electron chi connectivity index (χ0n) is 10.7. The molecule has 19 heavy (non-hydrogen) atoms. The first kappa shape index (κ1) is 13.0. The van der Waals surface area contributed by atoms with Crippen LogP contribution in [0.5, 0.6) is 0 Å². The molecule has 5 heteroatoms. The van der Waals surface area contributed by atoms with Crippen LogP contribution in [0, 0.1) is 6.92 Å². The summed E-state index contributed by atoms with van der Waals surface area (Å²) >= 11 is 0. The molecule has 0 aliphatic heterocycles. The molecule has 0 spiro atoms. The molecule has 1 aromatic carbocycles. The van der Waals surface area contributed by atoms with Gasteiger partial charge in [-0.3, -0.25) is 14.2 Å². The standard InChI is InChI=1S/C14H15N3O2/c1-11-4-2-3-5-12(11)14(19)16-8-9-17-10-15-7-6-13(17)18/h2-7,10H,8-9H2,1H3,(H,16,19). The smallest absolute Gasteiger partial charge is 0.253 e. The van der Waals surface area contributed by atoms with Gasteiger partial charge >= 0.3 is 0 Å². The minimum Gasteiger partial charge on any atom is -0.350 e. The number of carbonyl (C=O) groups excluding carboxylic acids is 1. The van der Waals surface area contributed by atoms with Crippen LogP contribution in [0.25, 0.3) is 0 Å². The fourth-order valence-electron chi connectivity index (χ4n) is 1.76. The number of benzene rings is 1. The molecule has 0 aliphatic carbocycles. The topological polar surface area (TPSA) is 64.0 Å². The van der Waals surface area contributed by atoms with Crippen molar-refractivity contribution in [2.24, 2.45) is 0 Å². The molecule has 0 unspecified atom stereocenters. The van der Waals surface area contributed by atoms with Crippen molar-refractivity contribution in [1.82, 2.24) is 14.9 Å². The normalized spacial score (nSPS) is 10.2. The Kier molecular flexibility index (Phi) is 4.07. The number of nitrogens with zero attached hydrogens (tertiary/aromatic N) is 2. The van der Waals surface area contributed by atoms with E-state index < -0.39 is 0 Å². The quantitative estimate of drug-likeness (QED) is 0.888. The van der Waals surface area contributed by atoms with Crippen LogP contribution in [0.3, 0.4) is 0 Å². The van der Waals surface area contributed by atoms with Gasteiger partial charge in [0.25, 0.3) is 11.5 Å². The molecular weight excluding hydrogens is 242 g/mol. The molecule has 0 saturated heterocycles. The van der Waals surface area contributed by atoms with Crippen molar-refractivity contribution < 1.29 is 4.79 Å². The number of aryl methyl sites for hydroxylation is 1. The third-order valence-electron chi connectivity index (χ3n) is 2.82. The van der Waals surface area contributed by atoms with E-state index >= 15 is 0 Å². The molecule has 5 nitrogen and oxygen atoms in total. The SMILES string of the molecule is Cc1ccccc1C(=O)NCCn1cnccc1=O. The molecule has 1 aromatic heterocycles. The van der Waals surface area contributed by atoms with Crippen molar-refractivity contribution in [2.45, 2.75) is 13.5 Å². The van der Waals surface area contributed by atoms with Gasteiger partial charge in [-0.15, -0.1) is 0 Å². The predicted molar refractivity (Wildman–Crippen MR) is 72.0 cm³/mol. The molecule has 0 atom stereocenters. The Morgan fingerprint density at radius 3 is 2.84 bits per heavy atom. The lowest BCUT2D eigenvalue weighted by Crippen LogP contribution is -2.30. The Morgan fingerprint density at radius 2 is 2.11 bits per heavy atom. The Bertz CT molecular complexity index is 634. The van der Waals surface area contributed by atoms with Crippen molar-refractivity contribution >= 4 is 5.91 Å². The van der Waals surface area contributed by atoms with Crippen LogP contribution in [0.2, 0.25) is 0 Å². The maximum Gasteiger partial charge on any atom is 0.253 e. The summed E-state index contributed by atoms with van der Waals surface area (Å²) in [6.45, 7) is 2.68. The number of hydrogen-bond donors (Lipinski definition) is 1. The second kappa shape index (κ2) is 5.95. The minimum atomic E-state index is -0.130. The van der Waals surface area contributed by atoms with Gasteiger partial charge in [-0.25, -0.2) is 4.98 Å². The highest BCUT2D eigenvalue weighted by Gasteiger charge is 2.07. The lowest BCUT2D eigenvalue weighted by atomic mass is 10.1. The van der Waals surface area contributed by atoms with Gasteiger partial charge in [0.15, 0.2) is 0 Å². The molecule has 1 heterocycles. The minimum absolute atomic E-state index is 0.125. The van der Waals surface area contributed by atoms with Crippen molar-refractivity contribution in [3.63, 3.8) is 0 Å². The first-order chi connectivity index (χ1) is 9.18. The average molecular weight is 257 g/mol. The molecule has 1 N–H and O–H groups in total. The van der Waals surface area contributed by atoms with Gasteiger partial charge in [0.2, 0.25) is 0 Å². The summed E-state index contributed by atoms with van der Waals surface area (Å²) in [5.41, 5.74) is 1.46. The lowest BCUT2D eigenvalue weighted by Gasteiger charge is -2.08. The zero-order chi connectivity index (χ0) is 13.7. The molecule has 0 saturated carbocycles. The van der Waals surface area contributed by atoms with Crippen LogP contribution in [-0.4, -0.2) is 22.0 Å². The van der Waals surface area contributed by atoms with Crippen LogP contribution in [0.15, 0.2) is 47.7 Å². The summed E-state index contributed by atoms with van der Waals surface area (Å²) in [6, 6.07) is 8.78. The van der Waals surface area contributed by atoms with E-state index in [4.69, 9.17) is 0 Å². The summed E-state index contributed by atoms with van der Waals surface area (Å²) < 4.78 is 1.46. The van der Waals surface area contributed by atoms with Gasteiger partial charge in [-0.05, 0) is 18.6 Å². The van der Waals surface area contributed by atoms with Crippen molar-refractivity contribution in [1.29, 1.82) is 0 Å². The van der Waals surface area contributed by atoms with E-state index in [9.17, 15) is 9.59 Å². The van der Waals surface area contributed by atoms with E-state index in [-0.39, 0.29) is 11.5 Å². The Hall–Kier alpha value is -2.43. The maximum absolute atomic E-state index is 11.9. The van der Waals surface area contributed by atoms with Gasteiger partial charge in [0.05, 0.1) is 6.33 Å². The second-order valence-corrected chi connectivity index (χ2v) is 4.18. The largest absolute Gasteiger partial charge is 0.350 e. The van der Waals surface area contributed by atoms with Gasteiger partial charge in [0.1, 0.15) is 0 Å². The van der Waals surface area contributed by atoms with Crippen LogP contribution >= 0.6 is 0 Å². The highest BCUT2D eigenvalue weighted by atomic mass is 16.1. The van der Waals surface area contributed by atoms with Gasteiger partial charge in [-0.1, -0.05) is 18.2 Å². The summed E-state index contributed by atoms with van der Waals surface area (Å²) in [6.07, 6.45) is 2.91. The molecule has 2 rings (SSSR count). The maximum atomic E-state index is 11.9.